The van der Waals surface area contributed by atoms with E-state index in [1.165, 1.54) is 25.9 Å². The zero-order valence-corrected chi connectivity index (χ0v) is 9.69. The van der Waals surface area contributed by atoms with Gasteiger partial charge in [-0.1, -0.05) is 0 Å². The van der Waals surface area contributed by atoms with Gasteiger partial charge in [0.1, 0.15) is 5.82 Å². The highest BCUT2D eigenvalue weighted by Crippen LogP contribution is 2.11. The standard InChI is InChI=1S/C11H19N5/c1-9(16-6-2-3-7-16)8-14-11-13-5-4-10(12)15-11/h4-5,9H,2-3,6-8H2,1H3,(H3,12,13,14,15). The third kappa shape index (κ3) is 2.82. The van der Waals surface area contributed by atoms with E-state index < -0.39 is 0 Å². The van der Waals surface area contributed by atoms with Gasteiger partial charge < -0.3 is 11.1 Å². The van der Waals surface area contributed by atoms with Crippen LogP contribution in [0.4, 0.5) is 11.8 Å². The van der Waals surface area contributed by atoms with Crippen molar-refractivity contribution in [3.8, 4) is 0 Å². The number of anilines is 2. The first-order valence-electron chi connectivity index (χ1n) is 5.82. The average Bonchev–Trinajstić information content (AvgIpc) is 2.79. The molecule has 1 aromatic rings. The third-order valence-corrected chi connectivity index (χ3v) is 3.00. The zero-order chi connectivity index (χ0) is 11.4. The molecule has 5 heteroatoms. The summed E-state index contributed by atoms with van der Waals surface area (Å²) >= 11 is 0. The van der Waals surface area contributed by atoms with Crippen LogP contribution in [0, 0.1) is 0 Å². The molecular formula is C11H19N5. The van der Waals surface area contributed by atoms with Crippen LogP contribution in [0.15, 0.2) is 12.3 Å². The van der Waals surface area contributed by atoms with E-state index >= 15 is 0 Å². The maximum Gasteiger partial charge on any atom is 0.224 e. The molecule has 1 fully saturated rings. The van der Waals surface area contributed by atoms with E-state index in [4.69, 9.17) is 5.73 Å². The Morgan fingerprint density at radius 2 is 2.25 bits per heavy atom. The fraction of sp³-hybridized carbons (Fsp3) is 0.636. The third-order valence-electron chi connectivity index (χ3n) is 3.00. The Hall–Kier alpha value is -1.36. The van der Waals surface area contributed by atoms with Gasteiger partial charge in [0.25, 0.3) is 0 Å². The van der Waals surface area contributed by atoms with Crippen LogP contribution in [0.25, 0.3) is 0 Å². The predicted molar refractivity (Wildman–Crippen MR) is 65.2 cm³/mol. The Morgan fingerprint density at radius 1 is 1.50 bits per heavy atom. The van der Waals surface area contributed by atoms with E-state index in [1.807, 2.05) is 0 Å². The maximum absolute atomic E-state index is 5.59. The van der Waals surface area contributed by atoms with Gasteiger partial charge in [-0.15, -0.1) is 0 Å². The van der Waals surface area contributed by atoms with Crippen LogP contribution < -0.4 is 11.1 Å². The lowest BCUT2D eigenvalue weighted by Gasteiger charge is -2.23. The molecule has 1 unspecified atom stereocenters. The van der Waals surface area contributed by atoms with Crippen molar-refractivity contribution in [3.05, 3.63) is 12.3 Å². The van der Waals surface area contributed by atoms with Gasteiger partial charge >= 0.3 is 0 Å². The number of hydrogen-bond donors (Lipinski definition) is 2. The summed E-state index contributed by atoms with van der Waals surface area (Å²) in [7, 11) is 0. The fourth-order valence-corrected chi connectivity index (χ4v) is 2.01. The van der Waals surface area contributed by atoms with Crippen molar-refractivity contribution in [3.63, 3.8) is 0 Å². The molecule has 3 N–H and O–H groups in total. The molecule has 0 saturated carbocycles. The second kappa shape index (κ2) is 5.12. The summed E-state index contributed by atoms with van der Waals surface area (Å²) in [4.78, 5) is 10.7. The van der Waals surface area contributed by atoms with Gasteiger partial charge in [-0.3, -0.25) is 4.90 Å². The molecule has 0 bridgehead atoms. The summed E-state index contributed by atoms with van der Waals surface area (Å²) in [5.74, 6) is 1.12. The van der Waals surface area contributed by atoms with E-state index in [0.717, 1.165) is 6.54 Å². The van der Waals surface area contributed by atoms with Crippen LogP contribution in [-0.4, -0.2) is 40.5 Å². The van der Waals surface area contributed by atoms with Crippen molar-refractivity contribution in [1.82, 2.24) is 14.9 Å². The van der Waals surface area contributed by atoms with Crippen molar-refractivity contribution < 1.29 is 0 Å². The second-order valence-corrected chi connectivity index (χ2v) is 4.28. The van der Waals surface area contributed by atoms with Crippen molar-refractivity contribution >= 4 is 11.8 Å². The van der Waals surface area contributed by atoms with Crippen LogP contribution in [0.1, 0.15) is 19.8 Å². The first-order valence-corrected chi connectivity index (χ1v) is 5.82. The molecule has 88 valence electrons. The Morgan fingerprint density at radius 3 is 2.94 bits per heavy atom. The summed E-state index contributed by atoms with van der Waals surface area (Å²) < 4.78 is 0. The van der Waals surface area contributed by atoms with Gasteiger partial charge in [0, 0.05) is 18.8 Å². The summed E-state index contributed by atoms with van der Waals surface area (Å²) in [5.41, 5.74) is 5.59. The Bertz CT molecular complexity index is 335. The van der Waals surface area contributed by atoms with Crippen molar-refractivity contribution in [1.29, 1.82) is 0 Å². The van der Waals surface area contributed by atoms with E-state index in [-0.39, 0.29) is 0 Å². The normalized spacial score (nSPS) is 18.6. The van der Waals surface area contributed by atoms with E-state index in [0.29, 0.717) is 17.8 Å². The minimum atomic E-state index is 0.506. The summed E-state index contributed by atoms with van der Waals surface area (Å²) in [6.45, 7) is 5.51. The smallest absolute Gasteiger partial charge is 0.224 e. The second-order valence-electron chi connectivity index (χ2n) is 4.28. The predicted octanol–water partition coefficient (Wildman–Crippen LogP) is 0.955. The largest absolute Gasteiger partial charge is 0.384 e. The highest BCUT2D eigenvalue weighted by molar-refractivity contribution is 5.34. The first kappa shape index (κ1) is 11.1. The summed E-state index contributed by atoms with van der Waals surface area (Å²) in [5, 5.41) is 3.22. The molecule has 16 heavy (non-hydrogen) atoms. The van der Waals surface area contributed by atoms with Crippen LogP contribution in [0.2, 0.25) is 0 Å². The highest BCUT2D eigenvalue weighted by atomic mass is 15.2. The quantitative estimate of drug-likeness (QED) is 0.792. The molecule has 1 aliphatic heterocycles. The summed E-state index contributed by atoms with van der Waals surface area (Å²) in [6.07, 6.45) is 4.31. The molecule has 1 aromatic heterocycles. The minimum Gasteiger partial charge on any atom is -0.384 e. The molecule has 2 rings (SSSR count). The molecule has 0 aliphatic carbocycles. The lowest BCUT2D eigenvalue weighted by atomic mass is 10.3. The molecule has 5 nitrogen and oxygen atoms in total. The number of hydrogen-bond acceptors (Lipinski definition) is 5. The van der Waals surface area contributed by atoms with E-state index in [1.54, 1.807) is 12.3 Å². The number of likely N-dealkylation sites (tertiary alicyclic amines) is 1. The van der Waals surface area contributed by atoms with Gasteiger partial charge in [0.05, 0.1) is 0 Å². The molecule has 2 heterocycles. The number of nitrogens with two attached hydrogens (primary N) is 1. The van der Waals surface area contributed by atoms with E-state index in [2.05, 4.69) is 27.1 Å². The van der Waals surface area contributed by atoms with Crippen LogP contribution in [0.3, 0.4) is 0 Å². The minimum absolute atomic E-state index is 0.506. The highest BCUT2D eigenvalue weighted by Gasteiger charge is 2.17. The average molecular weight is 221 g/mol. The molecule has 0 amide bonds. The molecule has 0 aromatic carbocycles. The molecule has 0 radical (unpaired) electrons. The molecule has 1 aliphatic rings. The summed E-state index contributed by atoms with van der Waals surface area (Å²) in [6, 6.07) is 2.21. The Balaban J connectivity index is 1.82. The topological polar surface area (TPSA) is 67.1 Å². The van der Waals surface area contributed by atoms with Crippen LogP contribution in [0.5, 0.6) is 0 Å². The Labute approximate surface area is 96.1 Å². The molecular weight excluding hydrogens is 202 g/mol. The molecule has 1 saturated heterocycles. The number of aromatic nitrogens is 2. The van der Waals surface area contributed by atoms with Crippen molar-refractivity contribution in [2.75, 3.05) is 30.7 Å². The van der Waals surface area contributed by atoms with Crippen molar-refractivity contribution in [2.24, 2.45) is 0 Å². The monoisotopic (exact) mass is 221 g/mol. The maximum atomic E-state index is 5.59. The van der Waals surface area contributed by atoms with Crippen molar-refractivity contribution in [2.45, 2.75) is 25.8 Å². The van der Waals surface area contributed by atoms with Gasteiger partial charge in [0.2, 0.25) is 5.95 Å². The number of nitrogen functional groups attached to an aromatic ring is 1. The fourth-order valence-electron chi connectivity index (χ4n) is 2.01. The van der Waals surface area contributed by atoms with Crippen LogP contribution >= 0.6 is 0 Å². The van der Waals surface area contributed by atoms with Gasteiger partial charge in [0.15, 0.2) is 0 Å². The zero-order valence-electron chi connectivity index (χ0n) is 9.69. The van der Waals surface area contributed by atoms with Gasteiger partial charge in [-0.25, -0.2) is 4.98 Å². The SMILES string of the molecule is CC(CNc1nccc(N)n1)N1CCCC1. The first-order chi connectivity index (χ1) is 7.75. The van der Waals surface area contributed by atoms with Gasteiger partial charge in [-0.05, 0) is 38.9 Å². The number of nitrogens with one attached hydrogen (secondary N) is 1. The number of rotatable bonds is 4. The van der Waals surface area contributed by atoms with E-state index in [9.17, 15) is 0 Å². The number of nitrogens with zero attached hydrogens (tertiary/aromatic N) is 3. The lowest BCUT2D eigenvalue weighted by Crippen LogP contribution is -2.35. The molecule has 1 atom stereocenters. The van der Waals surface area contributed by atoms with Gasteiger partial charge in [-0.2, -0.15) is 4.98 Å². The Kier molecular flexibility index (Phi) is 3.56. The lowest BCUT2D eigenvalue weighted by molar-refractivity contribution is 0.269. The van der Waals surface area contributed by atoms with Crippen LogP contribution in [-0.2, 0) is 0 Å². The molecule has 0 spiro atoms.